The van der Waals surface area contributed by atoms with Crippen molar-refractivity contribution in [2.75, 3.05) is 21.3 Å². The maximum Gasteiger partial charge on any atom is 0.421 e. The van der Waals surface area contributed by atoms with E-state index < -0.39 is 23.5 Å². The molecule has 0 radical (unpaired) electrons. The molecule has 150 valence electrons. The number of nitrogens with one attached hydrogen (secondary N) is 1. The van der Waals surface area contributed by atoms with Crippen LogP contribution in [0.5, 0.6) is 11.8 Å². The molecule has 0 atom stereocenters. The van der Waals surface area contributed by atoms with Crippen LogP contribution in [-0.2, 0) is 22.4 Å². The Kier molecular flexibility index (Phi) is 6.80. The molecule has 0 spiro atoms. The second-order valence-corrected chi connectivity index (χ2v) is 5.35. The van der Waals surface area contributed by atoms with Crippen LogP contribution in [0.3, 0.4) is 0 Å². The summed E-state index contributed by atoms with van der Waals surface area (Å²) in [6.07, 6.45) is -4.65. The second kappa shape index (κ2) is 9.07. The van der Waals surface area contributed by atoms with Crippen LogP contribution >= 0.6 is 0 Å². The number of likely N-dealkylation sites (N-methyl/N-ethyl adjacent to an activating group) is 1. The molecule has 0 aliphatic heterocycles. The Morgan fingerprint density at radius 1 is 1.18 bits per heavy atom. The van der Waals surface area contributed by atoms with Crippen molar-refractivity contribution in [2.45, 2.75) is 12.8 Å². The quantitative estimate of drug-likeness (QED) is 0.574. The van der Waals surface area contributed by atoms with Gasteiger partial charge in [-0.15, -0.1) is 0 Å². The van der Waals surface area contributed by atoms with Crippen LogP contribution < -0.4 is 14.8 Å². The summed E-state index contributed by atoms with van der Waals surface area (Å²) in [5, 5.41) is 6.12. The number of amides is 1. The number of ether oxygens (including phenoxy) is 2. The average Bonchev–Trinajstić information content (AvgIpc) is 2.69. The molecule has 10 heteroatoms. The molecule has 0 aliphatic carbocycles. The van der Waals surface area contributed by atoms with Gasteiger partial charge in [0.1, 0.15) is 19.3 Å². The van der Waals surface area contributed by atoms with Gasteiger partial charge in [-0.25, -0.2) is 0 Å². The van der Waals surface area contributed by atoms with E-state index in [2.05, 4.69) is 15.5 Å². The van der Waals surface area contributed by atoms with E-state index in [1.54, 1.807) is 24.3 Å². The number of pyridine rings is 1. The number of benzene rings is 1. The van der Waals surface area contributed by atoms with E-state index in [1.807, 2.05) is 0 Å². The zero-order valence-electron chi connectivity index (χ0n) is 15.3. The summed E-state index contributed by atoms with van der Waals surface area (Å²) in [7, 11) is 3.98. The normalized spacial score (nSPS) is 11.7. The number of oxime groups is 1. The lowest BCUT2D eigenvalue weighted by Crippen LogP contribution is -2.29. The Balaban J connectivity index is 2.39. The van der Waals surface area contributed by atoms with E-state index in [0.717, 1.165) is 12.1 Å². The first-order chi connectivity index (χ1) is 13.3. The van der Waals surface area contributed by atoms with E-state index in [1.165, 1.54) is 21.3 Å². The van der Waals surface area contributed by atoms with Gasteiger partial charge in [-0.05, 0) is 11.6 Å². The fourth-order valence-electron chi connectivity index (χ4n) is 2.31. The molecule has 0 unspecified atom stereocenters. The lowest BCUT2D eigenvalue weighted by atomic mass is 10.0. The topological polar surface area (TPSA) is 82.0 Å². The largest absolute Gasteiger partial charge is 0.481 e. The fourth-order valence-corrected chi connectivity index (χ4v) is 2.31. The summed E-state index contributed by atoms with van der Waals surface area (Å²) in [5.41, 5.74) is -0.318. The summed E-state index contributed by atoms with van der Waals surface area (Å²) >= 11 is 0. The summed E-state index contributed by atoms with van der Waals surface area (Å²) in [6.45, 7) is -0.293. The number of hydrogen-bond donors (Lipinski definition) is 1. The Hall–Kier alpha value is -3.30. The third kappa shape index (κ3) is 4.90. The molecular formula is C18H18F3N3O4. The van der Waals surface area contributed by atoms with E-state index in [4.69, 9.17) is 14.3 Å². The Bertz CT molecular complexity index is 869. The van der Waals surface area contributed by atoms with Crippen LogP contribution in [0.1, 0.15) is 16.7 Å². The number of hydrogen-bond acceptors (Lipinski definition) is 6. The van der Waals surface area contributed by atoms with Crippen molar-refractivity contribution in [1.29, 1.82) is 0 Å². The van der Waals surface area contributed by atoms with Crippen molar-refractivity contribution in [3.63, 3.8) is 0 Å². The van der Waals surface area contributed by atoms with Gasteiger partial charge in [-0.2, -0.15) is 18.2 Å². The van der Waals surface area contributed by atoms with Crippen LogP contribution in [0, 0.1) is 0 Å². The molecule has 0 saturated carbocycles. The van der Waals surface area contributed by atoms with Crippen molar-refractivity contribution in [3.05, 3.63) is 53.1 Å². The van der Waals surface area contributed by atoms with Gasteiger partial charge in [-0.1, -0.05) is 29.4 Å². The van der Waals surface area contributed by atoms with Gasteiger partial charge in [0.25, 0.3) is 5.91 Å². The molecule has 1 heterocycles. The zero-order valence-corrected chi connectivity index (χ0v) is 15.3. The van der Waals surface area contributed by atoms with Crippen LogP contribution in [0.15, 0.2) is 41.6 Å². The number of halogens is 3. The van der Waals surface area contributed by atoms with E-state index in [-0.39, 0.29) is 18.2 Å². The highest BCUT2D eigenvalue weighted by Gasteiger charge is 2.35. The van der Waals surface area contributed by atoms with Crippen LogP contribution in [0.4, 0.5) is 13.2 Å². The van der Waals surface area contributed by atoms with E-state index in [0.29, 0.717) is 11.1 Å². The minimum Gasteiger partial charge on any atom is -0.481 e. The highest BCUT2D eigenvalue weighted by Crippen LogP contribution is 2.36. The van der Waals surface area contributed by atoms with Crippen LogP contribution in [0.2, 0.25) is 0 Å². The molecule has 1 aromatic heterocycles. The average molecular weight is 397 g/mol. The number of rotatable bonds is 7. The number of methoxy groups -OCH3 is 1. The molecule has 1 amide bonds. The minimum atomic E-state index is -4.65. The van der Waals surface area contributed by atoms with Gasteiger partial charge in [0.05, 0.1) is 7.11 Å². The molecule has 28 heavy (non-hydrogen) atoms. The first-order valence-electron chi connectivity index (χ1n) is 7.98. The van der Waals surface area contributed by atoms with Crippen LogP contribution in [0.25, 0.3) is 0 Å². The van der Waals surface area contributed by atoms with Crippen LogP contribution in [-0.4, -0.2) is 37.9 Å². The molecule has 1 aromatic carbocycles. The molecule has 0 saturated heterocycles. The van der Waals surface area contributed by atoms with Crippen molar-refractivity contribution >= 4 is 11.6 Å². The second-order valence-electron chi connectivity index (χ2n) is 5.35. The predicted octanol–water partition coefficient (Wildman–Crippen LogP) is 2.78. The number of carbonyl (C=O) groups excluding carboxylic acids is 1. The van der Waals surface area contributed by atoms with Gasteiger partial charge in [-0.3, -0.25) is 4.79 Å². The lowest BCUT2D eigenvalue weighted by molar-refractivity contribution is -0.139. The third-order valence-electron chi connectivity index (χ3n) is 3.61. The van der Waals surface area contributed by atoms with Gasteiger partial charge in [0.2, 0.25) is 11.8 Å². The summed E-state index contributed by atoms with van der Waals surface area (Å²) in [6, 6.07) is 8.40. The lowest BCUT2D eigenvalue weighted by Gasteiger charge is -2.15. The SMILES string of the molecule is CNC(=O)/C(=N/OC)c1ccccc1COc1nc(OC)ccc1C(F)(F)F. The van der Waals surface area contributed by atoms with Gasteiger partial charge < -0.3 is 19.6 Å². The number of nitrogens with zero attached hydrogens (tertiary/aromatic N) is 2. The summed E-state index contributed by atoms with van der Waals surface area (Å²) < 4.78 is 49.9. The Labute approximate surface area is 159 Å². The van der Waals surface area contributed by atoms with E-state index in [9.17, 15) is 18.0 Å². The molecule has 2 rings (SSSR count). The molecule has 0 fully saturated rings. The third-order valence-corrected chi connectivity index (χ3v) is 3.61. The maximum atomic E-state index is 13.2. The Morgan fingerprint density at radius 2 is 1.89 bits per heavy atom. The zero-order chi connectivity index (χ0) is 20.7. The molecular weight excluding hydrogens is 379 g/mol. The highest BCUT2D eigenvalue weighted by molar-refractivity contribution is 6.45. The predicted molar refractivity (Wildman–Crippen MR) is 94.2 cm³/mol. The molecule has 1 N–H and O–H groups in total. The monoisotopic (exact) mass is 397 g/mol. The van der Waals surface area contributed by atoms with Gasteiger partial charge in [0, 0.05) is 18.7 Å². The standard InChI is InChI=1S/C18H18F3N3O4/c1-22-16(25)15(24-27-3)12-7-5-4-6-11(12)10-28-17-13(18(19,20)21)8-9-14(23-17)26-2/h4-9H,10H2,1-3H3,(H,22,25)/b24-15+. The minimum absolute atomic E-state index is 0.0247. The van der Waals surface area contributed by atoms with E-state index >= 15 is 0 Å². The van der Waals surface area contributed by atoms with Crippen molar-refractivity contribution in [2.24, 2.45) is 5.16 Å². The van der Waals surface area contributed by atoms with Gasteiger partial charge in [0.15, 0.2) is 5.71 Å². The summed E-state index contributed by atoms with van der Waals surface area (Å²) in [5.74, 6) is -1.18. The van der Waals surface area contributed by atoms with Crippen molar-refractivity contribution in [1.82, 2.24) is 10.3 Å². The first-order valence-corrected chi connectivity index (χ1v) is 7.98. The first kappa shape index (κ1) is 21.0. The molecule has 0 aliphatic rings. The molecule has 7 nitrogen and oxygen atoms in total. The maximum absolute atomic E-state index is 13.2. The molecule has 0 bridgehead atoms. The van der Waals surface area contributed by atoms with Crippen molar-refractivity contribution < 1.29 is 32.3 Å². The summed E-state index contributed by atoms with van der Waals surface area (Å²) in [4.78, 5) is 20.5. The number of alkyl halides is 3. The Morgan fingerprint density at radius 3 is 2.50 bits per heavy atom. The number of aromatic nitrogens is 1. The van der Waals surface area contributed by atoms with Crippen molar-refractivity contribution in [3.8, 4) is 11.8 Å². The number of carbonyl (C=O) groups is 1. The smallest absolute Gasteiger partial charge is 0.421 e. The highest BCUT2D eigenvalue weighted by atomic mass is 19.4. The van der Waals surface area contributed by atoms with Gasteiger partial charge >= 0.3 is 6.18 Å². The fraction of sp³-hybridized carbons (Fsp3) is 0.278. The molecule has 2 aromatic rings.